The minimum absolute atomic E-state index is 0.0243. The van der Waals surface area contributed by atoms with Gasteiger partial charge in [0.15, 0.2) is 6.23 Å². The third-order valence-corrected chi connectivity index (χ3v) is 10.2. The number of rotatable bonds is 13. The number of hydrogen-bond acceptors (Lipinski definition) is 9. The van der Waals surface area contributed by atoms with Crippen molar-refractivity contribution in [3.05, 3.63) is 132 Å². The molecule has 2 aliphatic rings. The van der Waals surface area contributed by atoms with Gasteiger partial charge in [-0.2, -0.15) is 0 Å². The lowest BCUT2D eigenvalue weighted by molar-refractivity contribution is -0.0208. The Kier molecular flexibility index (Phi) is 10.8. The van der Waals surface area contributed by atoms with Crippen LogP contribution in [-0.4, -0.2) is 64.3 Å². The van der Waals surface area contributed by atoms with Crippen molar-refractivity contribution >= 4 is 34.1 Å². The normalized spacial score (nSPS) is 15.4. The fourth-order valence-corrected chi connectivity index (χ4v) is 7.13. The highest BCUT2D eigenvalue weighted by molar-refractivity contribution is 5.94. The predicted octanol–water partition coefficient (Wildman–Crippen LogP) is 5.65. The van der Waals surface area contributed by atoms with Gasteiger partial charge in [-0.15, -0.1) is 0 Å². The van der Waals surface area contributed by atoms with Crippen LogP contribution in [0.3, 0.4) is 0 Å². The lowest BCUT2D eigenvalue weighted by atomic mass is 10.1. The summed E-state index contributed by atoms with van der Waals surface area (Å²) in [6.07, 6.45) is 3.36. The van der Waals surface area contributed by atoms with Crippen LogP contribution >= 0.6 is 0 Å². The Morgan fingerprint density at radius 1 is 0.981 bits per heavy atom. The summed E-state index contributed by atoms with van der Waals surface area (Å²) < 4.78 is 30.3. The van der Waals surface area contributed by atoms with Gasteiger partial charge in [0, 0.05) is 68.7 Å². The third kappa shape index (κ3) is 7.87. The van der Waals surface area contributed by atoms with Crippen molar-refractivity contribution in [2.45, 2.75) is 58.9 Å². The first-order valence-corrected chi connectivity index (χ1v) is 18.5. The zero-order chi connectivity index (χ0) is 37.9. The molecule has 0 amide bonds. The maximum atomic E-state index is 15.9. The maximum absolute atomic E-state index is 15.9. The molecule has 7 rings (SSSR count). The minimum Gasteiger partial charge on any atom is -0.457 e. The van der Waals surface area contributed by atoms with Gasteiger partial charge in [-0.05, 0) is 74.1 Å². The molecule has 1 saturated carbocycles. The van der Waals surface area contributed by atoms with Crippen molar-refractivity contribution in [3.8, 4) is 0 Å². The number of anilines is 3. The molecule has 2 fully saturated rings. The van der Waals surface area contributed by atoms with E-state index in [-0.39, 0.29) is 36.8 Å². The molecular weight excluding hydrogens is 691 g/mol. The van der Waals surface area contributed by atoms with E-state index in [2.05, 4.69) is 22.1 Å². The Hall–Kier alpha value is -5.53. The number of aromatic amines is 1. The van der Waals surface area contributed by atoms with Crippen LogP contribution in [-0.2, 0) is 22.5 Å². The zero-order valence-corrected chi connectivity index (χ0v) is 30.8. The lowest BCUT2D eigenvalue weighted by Gasteiger charge is -2.37. The Morgan fingerprint density at radius 3 is 2.43 bits per heavy atom. The number of hydrogen-bond donors (Lipinski definition) is 2. The van der Waals surface area contributed by atoms with Gasteiger partial charge in [0.05, 0.1) is 11.2 Å². The first-order chi connectivity index (χ1) is 26.1. The number of benzene rings is 3. The van der Waals surface area contributed by atoms with E-state index < -0.39 is 34.7 Å². The van der Waals surface area contributed by atoms with Gasteiger partial charge < -0.3 is 24.3 Å². The number of esters is 1. The molecule has 282 valence electrons. The van der Waals surface area contributed by atoms with Crippen LogP contribution in [0.2, 0.25) is 0 Å². The van der Waals surface area contributed by atoms with Gasteiger partial charge in [-0.1, -0.05) is 43.3 Å². The third-order valence-electron chi connectivity index (χ3n) is 10.2. The molecule has 3 heterocycles. The zero-order valence-electron chi connectivity index (χ0n) is 30.8. The molecule has 1 aliphatic heterocycles. The SMILES string of the molecule is CCOC(CN1CCN(c2cc3c(cc2F)c(=O)c(C(=O)OCc2ccccc2)cn3C2CC2)CC1)n1c(=O)cc(Nc2ccc(C)c(CC)c2)[nH]c1=O. The molecule has 12 nitrogen and oxygen atoms in total. The molecule has 3 aromatic carbocycles. The van der Waals surface area contributed by atoms with E-state index in [4.69, 9.17) is 9.47 Å². The first-order valence-electron chi connectivity index (χ1n) is 18.5. The van der Waals surface area contributed by atoms with Crippen LogP contribution in [0, 0.1) is 12.7 Å². The summed E-state index contributed by atoms with van der Waals surface area (Å²) >= 11 is 0. The number of ether oxygens (including phenoxy) is 2. The molecule has 1 atom stereocenters. The number of pyridine rings is 1. The van der Waals surface area contributed by atoms with E-state index >= 15 is 4.39 Å². The molecule has 2 N–H and O–H groups in total. The van der Waals surface area contributed by atoms with Gasteiger partial charge in [0.2, 0.25) is 5.43 Å². The number of nitrogens with one attached hydrogen (secondary N) is 2. The maximum Gasteiger partial charge on any atom is 0.343 e. The van der Waals surface area contributed by atoms with E-state index in [9.17, 15) is 19.2 Å². The van der Waals surface area contributed by atoms with Crippen LogP contribution in [0.25, 0.3) is 10.9 Å². The molecular formula is C41H45FN6O6. The summed E-state index contributed by atoms with van der Waals surface area (Å²) in [5.74, 6) is -1.00. The lowest BCUT2D eigenvalue weighted by Crippen LogP contribution is -2.50. The Morgan fingerprint density at radius 2 is 1.74 bits per heavy atom. The van der Waals surface area contributed by atoms with E-state index in [1.165, 1.54) is 23.3 Å². The molecule has 13 heteroatoms. The average molecular weight is 737 g/mol. The van der Waals surface area contributed by atoms with Gasteiger partial charge in [-0.25, -0.2) is 18.5 Å². The summed E-state index contributed by atoms with van der Waals surface area (Å²) in [6, 6.07) is 19.5. The Bertz CT molecular complexity index is 2310. The smallest absolute Gasteiger partial charge is 0.343 e. The summed E-state index contributed by atoms with van der Waals surface area (Å²) in [6.45, 7) is 8.47. The van der Waals surface area contributed by atoms with Crippen molar-refractivity contribution in [3.63, 3.8) is 0 Å². The number of carbonyl (C=O) groups excluding carboxylic acids is 1. The number of carbonyl (C=O) groups is 1. The highest BCUT2D eigenvalue weighted by Gasteiger charge is 2.30. The molecule has 1 unspecified atom stereocenters. The van der Waals surface area contributed by atoms with Gasteiger partial charge in [-0.3, -0.25) is 19.5 Å². The number of aromatic nitrogens is 3. The molecule has 54 heavy (non-hydrogen) atoms. The molecule has 0 radical (unpaired) electrons. The molecule has 0 spiro atoms. The van der Waals surface area contributed by atoms with Crippen LogP contribution in [0.4, 0.5) is 21.6 Å². The number of halogens is 1. The summed E-state index contributed by atoms with van der Waals surface area (Å²) in [4.78, 5) is 60.0. The van der Waals surface area contributed by atoms with Crippen molar-refractivity contribution in [2.75, 3.05) is 49.5 Å². The number of piperazine rings is 1. The summed E-state index contributed by atoms with van der Waals surface area (Å²) in [5, 5.41) is 3.28. The Balaban J connectivity index is 1.06. The molecule has 1 aliphatic carbocycles. The number of H-pyrrole nitrogens is 1. The Labute approximate surface area is 311 Å². The fraction of sp³-hybridized carbons (Fsp3) is 0.366. The molecule has 2 aromatic heterocycles. The monoisotopic (exact) mass is 736 g/mol. The van der Waals surface area contributed by atoms with E-state index in [1.807, 2.05) is 71.8 Å². The molecule has 0 bridgehead atoms. The fourth-order valence-electron chi connectivity index (χ4n) is 7.13. The molecule has 5 aromatic rings. The first kappa shape index (κ1) is 36.8. The van der Waals surface area contributed by atoms with Crippen molar-refractivity contribution in [2.24, 2.45) is 0 Å². The summed E-state index contributed by atoms with van der Waals surface area (Å²) in [5.41, 5.74) is 3.09. The quantitative estimate of drug-likeness (QED) is 0.147. The minimum atomic E-state index is -0.836. The van der Waals surface area contributed by atoms with Crippen LogP contribution in [0.1, 0.15) is 66.0 Å². The second kappa shape index (κ2) is 15.8. The highest BCUT2D eigenvalue weighted by Crippen LogP contribution is 2.38. The largest absolute Gasteiger partial charge is 0.457 e. The van der Waals surface area contributed by atoms with Gasteiger partial charge in [0.25, 0.3) is 5.56 Å². The number of fused-ring (bicyclic) bond motifs is 1. The van der Waals surface area contributed by atoms with E-state index in [0.717, 1.165) is 35.1 Å². The second-order valence-corrected chi connectivity index (χ2v) is 13.9. The second-order valence-electron chi connectivity index (χ2n) is 13.9. The molecule has 1 saturated heterocycles. The highest BCUT2D eigenvalue weighted by atomic mass is 19.1. The predicted molar refractivity (Wildman–Crippen MR) is 206 cm³/mol. The van der Waals surface area contributed by atoms with Gasteiger partial charge >= 0.3 is 11.7 Å². The van der Waals surface area contributed by atoms with E-state index in [1.54, 1.807) is 12.3 Å². The van der Waals surface area contributed by atoms with Crippen molar-refractivity contribution in [1.29, 1.82) is 0 Å². The van der Waals surface area contributed by atoms with Crippen LogP contribution < -0.4 is 26.9 Å². The van der Waals surface area contributed by atoms with Crippen LogP contribution in [0.15, 0.2) is 87.3 Å². The standard InChI is InChI=1S/C41H45FN6O6/c1-4-28-19-29(12-11-26(28)3)43-36-22-37(49)48(41(52)44-36)38(53-5-2)24-45-15-17-46(18-16-45)35-21-34-31(20-33(35)42)39(50)32(23-47(34)30-13-14-30)40(51)54-25-27-9-7-6-8-10-27/h6-12,19-23,30,38,43H,4-5,13-18,24-25H2,1-3H3,(H,44,52). The van der Waals surface area contributed by atoms with E-state index in [0.29, 0.717) is 43.2 Å². The number of aryl methyl sites for hydroxylation is 2. The van der Waals surface area contributed by atoms with Crippen molar-refractivity contribution in [1.82, 2.24) is 19.0 Å². The van der Waals surface area contributed by atoms with Crippen molar-refractivity contribution < 1.29 is 18.7 Å². The van der Waals surface area contributed by atoms with Crippen LogP contribution in [0.5, 0.6) is 0 Å². The summed E-state index contributed by atoms with van der Waals surface area (Å²) in [7, 11) is 0. The van der Waals surface area contributed by atoms with Gasteiger partial charge in [0.1, 0.15) is 23.8 Å². The topological polar surface area (TPSA) is 131 Å². The average Bonchev–Trinajstić information content (AvgIpc) is 4.01. The number of nitrogens with zero attached hydrogens (tertiary/aromatic N) is 4.